The molecule has 0 radical (unpaired) electrons. The van der Waals surface area contributed by atoms with Gasteiger partial charge in [-0.2, -0.15) is 0 Å². The first-order valence-corrected chi connectivity index (χ1v) is 38.8. The van der Waals surface area contributed by atoms with Gasteiger partial charge >= 0.3 is 0 Å². The van der Waals surface area contributed by atoms with Crippen LogP contribution in [0.15, 0.2) is 42.5 Å². The van der Waals surface area contributed by atoms with Crippen LogP contribution in [0.3, 0.4) is 0 Å². The molecule has 4 aromatic rings. The lowest BCUT2D eigenvalue weighted by Gasteiger charge is -2.56. The Bertz CT molecular complexity index is 3140. The van der Waals surface area contributed by atoms with Gasteiger partial charge in [-0.05, 0) is 193 Å². The molecule has 14 rings (SSSR count). The van der Waals surface area contributed by atoms with Crippen molar-refractivity contribution in [3.63, 3.8) is 0 Å². The van der Waals surface area contributed by atoms with E-state index in [2.05, 4.69) is 87.6 Å². The van der Waals surface area contributed by atoms with E-state index >= 15 is 0 Å². The third kappa shape index (κ3) is 13.4. The first kappa shape index (κ1) is 59.7. The molecular weight excluding hydrogens is 1100 g/mol. The number of piperidine rings is 5. The third-order valence-electron chi connectivity index (χ3n) is 24.5. The van der Waals surface area contributed by atoms with E-state index in [-0.39, 0.29) is 5.92 Å². The van der Waals surface area contributed by atoms with Crippen LogP contribution in [0.4, 0.5) is 0 Å². The summed E-state index contributed by atoms with van der Waals surface area (Å²) in [6, 6.07) is 21.3. The van der Waals surface area contributed by atoms with Gasteiger partial charge in [0.25, 0.3) is 0 Å². The summed E-state index contributed by atoms with van der Waals surface area (Å²) in [5, 5.41) is 0. The van der Waals surface area contributed by atoms with Crippen molar-refractivity contribution in [1.82, 2.24) is 48.1 Å². The van der Waals surface area contributed by atoms with Gasteiger partial charge in [0, 0.05) is 107 Å². The normalized spacial score (nSPS) is 36.4. The van der Waals surface area contributed by atoms with Gasteiger partial charge in [0.05, 0.1) is 34.6 Å². The van der Waals surface area contributed by atoms with Crippen LogP contribution >= 0.6 is 0 Å². The van der Waals surface area contributed by atoms with E-state index in [9.17, 15) is 16.8 Å². The largest absolute Gasteiger partial charge is 0.325 e. The molecule has 4 saturated carbocycles. The lowest BCUT2D eigenvalue weighted by Crippen LogP contribution is -2.60. The summed E-state index contributed by atoms with van der Waals surface area (Å²) >= 11 is 0. The number of nitrogens with zero attached hydrogens (tertiary/aromatic N) is 8. The molecule has 10 fully saturated rings. The molecule has 2 N–H and O–H groups in total. The number of benzene rings is 2. The standard InChI is InChI=1S/C69H106N10O4S2/c1-47-19-22-58-42-62(43-66(47)77(58)60-36-51-13-6-7-14-52(32-51)37-60)78-65-18-9-8-17-63(65)73-69(78)38-53-33-55(46-75(45-53)30-27-71-85(3,82)83)54-21-23-64-67(39-54)79(68(72-64)24-20-48-25-28-74(44-48)29-26-70-84(2,80)81)61-40-56-15-10-16-57(41-61)76(56)59-34-49-11-4-5-12-50(31-49)35-59/h8-9,17-18,21,23,39,47-53,55-62,66,70-71H,4-7,10-16,19-20,22,24-38,40-46H2,1-3H3. The summed E-state index contributed by atoms with van der Waals surface area (Å²) < 4.78 is 60.0. The van der Waals surface area contributed by atoms with Crippen LogP contribution in [0, 0.1) is 41.4 Å². The van der Waals surface area contributed by atoms with Crippen LogP contribution in [-0.2, 0) is 32.9 Å². The van der Waals surface area contributed by atoms with Gasteiger partial charge in [0.1, 0.15) is 11.6 Å². The van der Waals surface area contributed by atoms with Gasteiger partial charge in [-0.1, -0.05) is 82.9 Å². The van der Waals surface area contributed by atoms with Crippen molar-refractivity contribution in [2.75, 3.05) is 64.9 Å². The quantitative estimate of drug-likeness (QED) is 0.0989. The minimum Gasteiger partial charge on any atom is -0.325 e. The molecule has 6 aliphatic heterocycles. The molecule has 468 valence electrons. The number of fused-ring (bicyclic) bond motifs is 10. The van der Waals surface area contributed by atoms with Crippen molar-refractivity contribution in [2.24, 2.45) is 41.4 Å². The number of nitrogens with one attached hydrogen (secondary N) is 2. The van der Waals surface area contributed by atoms with Crippen molar-refractivity contribution in [2.45, 2.75) is 241 Å². The number of sulfonamides is 2. The molecule has 13 unspecified atom stereocenters. The number of hydrogen-bond donors (Lipinski definition) is 2. The van der Waals surface area contributed by atoms with Crippen LogP contribution in [-0.4, -0.2) is 157 Å². The molecule has 85 heavy (non-hydrogen) atoms. The number of likely N-dealkylation sites (tertiary alicyclic amines) is 2. The smallest absolute Gasteiger partial charge is 0.208 e. The molecule has 16 heteroatoms. The molecule has 10 aliphatic rings. The maximum absolute atomic E-state index is 12.5. The van der Waals surface area contributed by atoms with E-state index < -0.39 is 20.0 Å². The van der Waals surface area contributed by atoms with E-state index in [1.807, 2.05) is 0 Å². The zero-order valence-corrected chi connectivity index (χ0v) is 53.9. The molecule has 13 atom stereocenters. The number of para-hydroxylation sites is 2. The molecule has 0 amide bonds. The fourth-order valence-electron chi connectivity index (χ4n) is 21.1. The predicted octanol–water partition coefficient (Wildman–Crippen LogP) is 11.5. The van der Waals surface area contributed by atoms with Crippen LogP contribution in [0.2, 0.25) is 0 Å². The van der Waals surface area contributed by atoms with Crippen LogP contribution in [0.5, 0.6) is 0 Å². The summed E-state index contributed by atoms with van der Waals surface area (Å²) in [5.74, 6) is 8.13. The second-order valence-electron chi connectivity index (χ2n) is 30.5. The first-order chi connectivity index (χ1) is 41.2. The topological polar surface area (TPSA) is 141 Å². The highest BCUT2D eigenvalue weighted by molar-refractivity contribution is 7.89. The van der Waals surface area contributed by atoms with E-state index in [1.54, 1.807) is 0 Å². The lowest BCUT2D eigenvalue weighted by molar-refractivity contribution is -0.0642. The Hall–Kier alpha value is -2.96. The molecule has 8 heterocycles. The highest BCUT2D eigenvalue weighted by atomic mass is 32.2. The number of aromatic nitrogens is 4. The monoisotopic (exact) mass is 1200 g/mol. The Kier molecular flexibility index (Phi) is 17.8. The molecule has 2 aromatic heterocycles. The number of imidazole rings is 2. The average molecular weight is 1200 g/mol. The SMILES string of the molecule is CC1CCC2CC(n3c(CC4CC(c5ccc6nc(CCC7CCN(CCNS(C)(=O)=O)C7)n(C7CC8CCCC(C7)N8C7CC8CCCCC(C8)C7)c6c5)CN(CCNS(C)(=O)=O)C4)nc4ccccc43)CC1N2C1CC2CCCCC(C2)C1. The minimum atomic E-state index is -3.32. The van der Waals surface area contributed by atoms with Crippen molar-refractivity contribution in [1.29, 1.82) is 0 Å². The Balaban J connectivity index is 0.753. The van der Waals surface area contributed by atoms with Crippen molar-refractivity contribution in [3.05, 3.63) is 59.7 Å². The zero-order valence-electron chi connectivity index (χ0n) is 52.3. The van der Waals surface area contributed by atoms with Gasteiger partial charge in [0.15, 0.2) is 0 Å². The van der Waals surface area contributed by atoms with Gasteiger partial charge in [-0.15, -0.1) is 0 Å². The molecule has 8 bridgehead atoms. The number of rotatable bonds is 18. The number of hydrogen-bond acceptors (Lipinski definition) is 10. The Labute approximate surface area is 511 Å². The van der Waals surface area contributed by atoms with Crippen molar-refractivity contribution < 1.29 is 16.8 Å². The summed E-state index contributed by atoms with van der Waals surface area (Å²) in [6.07, 6.45) is 39.4. The van der Waals surface area contributed by atoms with Gasteiger partial charge in [-0.3, -0.25) is 9.80 Å². The second kappa shape index (κ2) is 25.4. The average Bonchev–Trinajstić information content (AvgIpc) is 3.87. The van der Waals surface area contributed by atoms with Crippen LogP contribution < -0.4 is 9.44 Å². The Morgan fingerprint density at radius 1 is 0.506 bits per heavy atom. The van der Waals surface area contributed by atoms with Crippen LogP contribution in [0.25, 0.3) is 22.1 Å². The third-order valence-corrected chi connectivity index (χ3v) is 26.0. The summed E-state index contributed by atoms with van der Waals surface area (Å²) in [5.41, 5.74) is 6.28. The molecule has 0 spiro atoms. The zero-order chi connectivity index (χ0) is 58.0. The predicted molar refractivity (Wildman–Crippen MR) is 343 cm³/mol. The highest BCUT2D eigenvalue weighted by Gasteiger charge is 2.49. The molecule has 2 aromatic carbocycles. The van der Waals surface area contributed by atoms with Gasteiger partial charge in [-0.25, -0.2) is 36.2 Å². The second-order valence-corrected chi connectivity index (χ2v) is 34.2. The van der Waals surface area contributed by atoms with E-state index in [0.29, 0.717) is 73.6 Å². The summed E-state index contributed by atoms with van der Waals surface area (Å²) in [6.45, 7) is 8.74. The maximum atomic E-state index is 12.5. The fraction of sp³-hybridized carbons (Fsp3) is 0.797. The lowest BCUT2D eigenvalue weighted by atomic mass is 9.71. The van der Waals surface area contributed by atoms with Crippen molar-refractivity contribution in [3.8, 4) is 0 Å². The van der Waals surface area contributed by atoms with Crippen molar-refractivity contribution >= 4 is 42.1 Å². The molecule has 4 aliphatic carbocycles. The highest BCUT2D eigenvalue weighted by Crippen LogP contribution is 2.51. The Morgan fingerprint density at radius 2 is 1.08 bits per heavy atom. The number of aryl methyl sites for hydroxylation is 1. The van der Waals surface area contributed by atoms with Gasteiger partial charge in [0.2, 0.25) is 20.0 Å². The first-order valence-electron chi connectivity index (χ1n) is 35.0. The molecule has 14 nitrogen and oxygen atoms in total. The molecular formula is C69H106N10O4S2. The van der Waals surface area contributed by atoms with E-state index in [0.717, 1.165) is 112 Å². The summed E-state index contributed by atoms with van der Waals surface area (Å²) in [4.78, 5) is 22.6. The Morgan fingerprint density at radius 3 is 1.75 bits per heavy atom. The fourth-order valence-corrected chi connectivity index (χ4v) is 22.0. The summed E-state index contributed by atoms with van der Waals surface area (Å²) in [7, 11) is -6.53. The van der Waals surface area contributed by atoms with Crippen LogP contribution in [0.1, 0.15) is 209 Å². The van der Waals surface area contributed by atoms with E-state index in [4.69, 9.17) is 9.97 Å². The van der Waals surface area contributed by atoms with E-state index in [1.165, 1.54) is 188 Å². The molecule has 6 saturated heterocycles. The maximum Gasteiger partial charge on any atom is 0.208 e. The van der Waals surface area contributed by atoms with Gasteiger partial charge < -0.3 is 18.9 Å². The minimum absolute atomic E-state index is 0.284.